The minimum Gasteiger partial charge on any atom is -0.396 e. The van der Waals surface area contributed by atoms with Crippen LogP contribution in [0.25, 0.3) is 0 Å². The van der Waals surface area contributed by atoms with Gasteiger partial charge in [-0.1, -0.05) is 19.1 Å². The highest BCUT2D eigenvalue weighted by Crippen LogP contribution is 2.35. The van der Waals surface area contributed by atoms with Crippen LogP contribution in [0, 0.1) is 5.92 Å². The Hall–Kier alpha value is 0.630. The fourth-order valence-corrected chi connectivity index (χ4v) is 2.30. The Bertz CT molecular complexity index is 208. The smallest absolute Gasteiger partial charge is 0.141 e. The molecule has 0 aliphatic rings. The molecule has 0 aromatic heterocycles. The van der Waals surface area contributed by atoms with E-state index in [-0.39, 0.29) is 29.9 Å². The summed E-state index contributed by atoms with van der Waals surface area (Å²) in [5, 5.41) is 37.0. The Morgan fingerprint density at radius 2 is 1.87 bits per heavy atom. The molecule has 4 N–H and O–H groups in total. The third kappa shape index (κ3) is 4.18. The summed E-state index contributed by atoms with van der Waals surface area (Å²) >= 11 is 9.40. The van der Waals surface area contributed by atoms with E-state index < -0.39 is 10.2 Å². The Labute approximate surface area is 104 Å². The zero-order valence-corrected chi connectivity index (χ0v) is 10.9. The van der Waals surface area contributed by atoms with E-state index in [0.29, 0.717) is 0 Å². The van der Waals surface area contributed by atoms with Gasteiger partial charge in [-0.05, 0) is 5.92 Å². The average molecular weight is 272 g/mol. The Morgan fingerprint density at radius 3 is 2.13 bits per heavy atom. The quantitative estimate of drug-likeness (QED) is 0.248. The van der Waals surface area contributed by atoms with Crippen LogP contribution >= 0.6 is 36.6 Å². The van der Waals surface area contributed by atoms with E-state index in [2.05, 4.69) is 24.8 Å². The van der Waals surface area contributed by atoms with E-state index in [0.717, 1.165) is 11.8 Å². The summed E-state index contributed by atoms with van der Waals surface area (Å²) in [5.41, 5.74) is -1.06. The lowest BCUT2D eigenvalue weighted by molar-refractivity contribution is 0.104. The van der Waals surface area contributed by atoms with Crippen molar-refractivity contribution in [3.8, 4) is 0 Å². The number of aliphatic hydroxyl groups excluding tert-OH is 4. The summed E-state index contributed by atoms with van der Waals surface area (Å²) in [7, 11) is 0. The van der Waals surface area contributed by atoms with Gasteiger partial charge in [-0.2, -0.15) is 0 Å². The first-order chi connectivity index (χ1) is 6.93. The third-order valence-corrected chi connectivity index (χ3v) is 4.65. The van der Waals surface area contributed by atoms with Crippen LogP contribution in [0.1, 0.15) is 6.92 Å². The molecule has 2 unspecified atom stereocenters. The lowest BCUT2D eigenvalue weighted by atomic mass is 9.95. The number of thiol groups is 1. The molecule has 15 heavy (non-hydrogen) atoms. The third-order valence-electron chi connectivity index (χ3n) is 2.26. The number of thioether (sulfide) groups is 1. The van der Waals surface area contributed by atoms with Gasteiger partial charge < -0.3 is 20.4 Å². The van der Waals surface area contributed by atoms with E-state index in [1.807, 2.05) is 0 Å². The van der Waals surface area contributed by atoms with Gasteiger partial charge in [-0.15, -0.1) is 24.4 Å². The molecular formula is C8H16O4S3. The summed E-state index contributed by atoms with van der Waals surface area (Å²) in [5.74, 6) is -0.366. The van der Waals surface area contributed by atoms with Crippen molar-refractivity contribution in [3.05, 3.63) is 0 Å². The van der Waals surface area contributed by atoms with Gasteiger partial charge >= 0.3 is 0 Å². The molecule has 2 atom stereocenters. The second-order valence-electron chi connectivity index (χ2n) is 3.27. The van der Waals surface area contributed by atoms with Crippen molar-refractivity contribution in [2.45, 2.75) is 17.1 Å². The van der Waals surface area contributed by atoms with Crippen LogP contribution in [0.5, 0.6) is 0 Å². The van der Waals surface area contributed by atoms with Gasteiger partial charge in [-0.3, -0.25) is 0 Å². The van der Waals surface area contributed by atoms with E-state index in [9.17, 15) is 15.3 Å². The van der Waals surface area contributed by atoms with Crippen molar-refractivity contribution in [2.24, 2.45) is 5.92 Å². The Morgan fingerprint density at radius 1 is 1.40 bits per heavy atom. The standard InChI is InChI=1S/C8H16O4S3/c1-5(2-9)8(3-10,4-11)15-6(12)7(13)14/h5-6,9-12H,2-4H2,1H3,(H,13,14). The van der Waals surface area contributed by atoms with Crippen LogP contribution in [0.4, 0.5) is 0 Å². The highest BCUT2D eigenvalue weighted by Gasteiger charge is 2.38. The molecule has 0 radical (unpaired) electrons. The molecule has 0 aromatic rings. The number of hydrogen-bond acceptors (Lipinski definition) is 6. The molecule has 7 heteroatoms. The number of thiocarbonyl (C=S) groups is 1. The fourth-order valence-electron chi connectivity index (χ4n) is 0.991. The van der Waals surface area contributed by atoms with E-state index >= 15 is 0 Å². The first-order valence-corrected chi connectivity index (χ1v) is 6.08. The van der Waals surface area contributed by atoms with Crippen molar-refractivity contribution in [3.63, 3.8) is 0 Å². The van der Waals surface area contributed by atoms with Gasteiger partial charge in [0.15, 0.2) is 0 Å². The van der Waals surface area contributed by atoms with Gasteiger partial charge in [-0.25, -0.2) is 0 Å². The van der Waals surface area contributed by atoms with Gasteiger partial charge in [0.05, 0.1) is 22.2 Å². The average Bonchev–Trinajstić information content (AvgIpc) is 2.24. The van der Waals surface area contributed by atoms with Crippen molar-refractivity contribution in [1.82, 2.24) is 0 Å². The first kappa shape index (κ1) is 15.6. The normalized spacial score (nSPS) is 16.1. The van der Waals surface area contributed by atoms with Crippen LogP contribution < -0.4 is 0 Å². The van der Waals surface area contributed by atoms with Crippen LogP contribution in [0.15, 0.2) is 0 Å². The number of hydrogen-bond donors (Lipinski definition) is 5. The maximum atomic E-state index is 9.51. The highest BCUT2D eigenvalue weighted by atomic mass is 32.2. The molecule has 0 saturated heterocycles. The summed E-state index contributed by atoms with van der Waals surface area (Å²) < 4.78 is -0.933. The van der Waals surface area contributed by atoms with Crippen molar-refractivity contribution >= 4 is 40.8 Å². The monoisotopic (exact) mass is 272 g/mol. The summed E-state index contributed by atoms with van der Waals surface area (Å²) in [6.07, 6.45) is 0. The van der Waals surface area contributed by atoms with E-state index in [1.54, 1.807) is 6.92 Å². The molecule has 0 bridgehead atoms. The lowest BCUT2D eigenvalue weighted by Crippen LogP contribution is -2.44. The SMILES string of the molecule is CC(CO)C(CO)(CO)SC(O)C(=S)S. The molecule has 0 aliphatic heterocycles. The van der Waals surface area contributed by atoms with Crippen molar-refractivity contribution in [2.75, 3.05) is 19.8 Å². The number of aliphatic hydroxyl groups is 4. The lowest BCUT2D eigenvalue weighted by Gasteiger charge is -2.35. The van der Waals surface area contributed by atoms with Gasteiger partial charge in [0.25, 0.3) is 0 Å². The van der Waals surface area contributed by atoms with Gasteiger partial charge in [0.1, 0.15) is 5.44 Å². The molecule has 0 saturated carbocycles. The molecule has 0 aliphatic carbocycles. The predicted octanol–water partition coefficient (Wildman–Crippen LogP) is -0.353. The summed E-state index contributed by atoms with van der Waals surface area (Å²) in [6.45, 7) is 0.764. The molecule has 0 aromatic carbocycles. The zero-order chi connectivity index (χ0) is 12.1. The largest absolute Gasteiger partial charge is 0.396 e. The maximum absolute atomic E-state index is 9.51. The molecule has 0 rings (SSSR count). The predicted molar refractivity (Wildman–Crippen MR) is 68.3 cm³/mol. The first-order valence-electron chi connectivity index (χ1n) is 4.34. The van der Waals surface area contributed by atoms with Gasteiger partial charge in [0.2, 0.25) is 0 Å². The molecule has 4 nitrogen and oxygen atoms in total. The molecule has 90 valence electrons. The Kier molecular flexibility index (Phi) is 7.35. The Balaban J connectivity index is 4.70. The maximum Gasteiger partial charge on any atom is 0.141 e. The minimum atomic E-state index is -1.06. The summed E-state index contributed by atoms with van der Waals surface area (Å²) in [4.78, 5) is 0. The minimum absolute atomic E-state index is 0.0800. The van der Waals surface area contributed by atoms with Crippen LogP contribution in [0.2, 0.25) is 0 Å². The fraction of sp³-hybridized carbons (Fsp3) is 0.875. The topological polar surface area (TPSA) is 80.9 Å². The van der Waals surface area contributed by atoms with Crippen molar-refractivity contribution in [1.29, 1.82) is 0 Å². The van der Waals surface area contributed by atoms with Crippen LogP contribution in [0.3, 0.4) is 0 Å². The van der Waals surface area contributed by atoms with Crippen LogP contribution in [-0.4, -0.2) is 54.6 Å². The molecular weight excluding hydrogens is 256 g/mol. The van der Waals surface area contributed by atoms with E-state index in [4.69, 9.17) is 5.11 Å². The summed E-state index contributed by atoms with van der Waals surface area (Å²) in [6, 6.07) is 0. The second kappa shape index (κ2) is 7.05. The highest BCUT2D eigenvalue weighted by molar-refractivity contribution is 8.15. The molecule has 0 spiro atoms. The molecule has 0 amide bonds. The molecule has 0 fully saturated rings. The van der Waals surface area contributed by atoms with Crippen LogP contribution in [-0.2, 0) is 0 Å². The number of rotatable bonds is 7. The molecule has 0 heterocycles. The van der Waals surface area contributed by atoms with Crippen molar-refractivity contribution < 1.29 is 20.4 Å². The van der Waals surface area contributed by atoms with Gasteiger partial charge in [0, 0.05) is 6.61 Å². The zero-order valence-electron chi connectivity index (χ0n) is 8.33. The van der Waals surface area contributed by atoms with E-state index in [1.165, 1.54) is 0 Å². The second-order valence-corrected chi connectivity index (χ2v) is 5.99.